The van der Waals surface area contributed by atoms with Crippen LogP contribution in [0.5, 0.6) is 0 Å². The summed E-state index contributed by atoms with van der Waals surface area (Å²) in [4.78, 5) is 21.1. The van der Waals surface area contributed by atoms with Gasteiger partial charge in [-0.25, -0.2) is 4.79 Å². The average molecular weight is 356 g/mol. The zero-order valence-electron chi connectivity index (χ0n) is 16.1. The number of alkyl carbamates (subject to hydrolysis) is 1. The molecule has 0 aliphatic carbocycles. The molecular weight excluding hydrogens is 324 g/mol. The zero-order valence-corrected chi connectivity index (χ0v) is 16.1. The molecule has 1 amide bonds. The summed E-state index contributed by atoms with van der Waals surface area (Å²) in [5.74, 6) is 0.190. The minimum atomic E-state index is -0.424. The number of rotatable bonds is 7. The quantitative estimate of drug-likeness (QED) is 0.315. The van der Waals surface area contributed by atoms with Crippen LogP contribution in [0.3, 0.4) is 0 Å². The maximum absolute atomic E-state index is 10.8. The molecule has 0 fully saturated rings. The van der Waals surface area contributed by atoms with Crippen LogP contribution in [-0.4, -0.2) is 46.5 Å². The molecule has 7 heteroatoms. The fourth-order valence-electron chi connectivity index (χ4n) is 1.25. The summed E-state index contributed by atoms with van der Waals surface area (Å²) in [5, 5.41) is 2.45. The molecule has 0 atom stereocenters. The second-order valence-corrected chi connectivity index (χ2v) is 4.03. The predicted molar refractivity (Wildman–Crippen MR) is 101 cm³/mol. The van der Waals surface area contributed by atoms with E-state index in [0.717, 1.165) is 5.57 Å². The number of hydrogen-bond acceptors (Lipinski definition) is 6. The number of methoxy groups -OCH3 is 2. The standard InChI is InChI=1S/C12H16O2.C5H11NO3.CH5N/c1-5-8-11(7-3)12(9-6-2)14-10(4)13;1-8-4-3-6-5(7)9-2;1-2/h5-9H,3H2,1-2,4H3;3-4H2,1-2H3,(H,6,7);2H2,1H3/b8-5-,9-6-,12-11+;;. The Kier molecular flexibility index (Phi) is 23.8. The minimum Gasteiger partial charge on any atom is -0.453 e. The summed E-state index contributed by atoms with van der Waals surface area (Å²) in [6, 6.07) is 0. The lowest BCUT2D eigenvalue weighted by Crippen LogP contribution is -2.26. The molecule has 144 valence electrons. The Morgan fingerprint density at radius 1 is 1.12 bits per heavy atom. The number of esters is 1. The topological polar surface area (TPSA) is 99.9 Å². The number of carbonyl (C=O) groups is 2. The molecule has 0 radical (unpaired) electrons. The Balaban J connectivity index is -0.000000380. The smallest absolute Gasteiger partial charge is 0.406 e. The lowest BCUT2D eigenvalue weighted by atomic mass is 10.2. The fraction of sp³-hybridized carbons (Fsp3) is 0.444. The maximum atomic E-state index is 10.8. The molecule has 0 rings (SSSR count). The van der Waals surface area contributed by atoms with Crippen molar-refractivity contribution in [2.24, 2.45) is 5.73 Å². The van der Waals surface area contributed by atoms with Crippen molar-refractivity contribution in [3.63, 3.8) is 0 Å². The first-order valence-electron chi connectivity index (χ1n) is 7.65. The van der Waals surface area contributed by atoms with E-state index in [0.29, 0.717) is 18.9 Å². The highest BCUT2D eigenvalue weighted by atomic mass is 16.5. The Bertz CT molecular complexity index is 454. The first kappa shape index (κ1) is 27.5. The van der Waals surface area contributed by atoms with Gasteiger partial charge in [-0.15, -0.1) is 0 Å². The molecular formula is C18H32N2O5. The van der Waals surface area contributed by atoms with E-state index >= 15 is 0 Å². The van der Waals surface area contributed by atoms with Crippen molar-refractivity contribution in [3.05, 3.63) is 48.3 Å². The summed E-state index contributed by atoms with van der Waals surface area (Å²) in [7, 11) is 4.39. The monoisotopic (exact) mass is 356 g/mol. The molecule has 0 aliphatic heterocycles. The van der Waals surface area contributed by atoms with Crippen molar-refractivity contribution in [3.8, 4) is 0 Å². The Morgan fingerprint density at radius 2 is 1.68 bits per heavy atom. The van der Waals surface area contributed by atoms with E-state index in [2.05, 4.69) is 27.1 Å². The van der Waals surface area contributed by atoms with Crippen molar-refractivity contribution in [2.75, 3.05) is 34.4 Å². The molecule has 0 aliphatic rings. The van der Waals surface area contributed by atoms with Gasteiger partial charge in [0.15, 0.2) is 0 Å². The van der Waals surface area contributed by atoms with Gasteiger partial charge >= 0.3 is 12.1 Å². The van der Waals surface area contributed by atoms with Crippen molar-refractivity contribution < 1.29 is 23.8 Å². The van der Waals surface area contributed by atoms with Crippen molar-refractivity contribution in [1.82, 2.24) is 5.32 Å². The van der Waals surface area contributed by atoms with Crippen LogP contribution in [0.25, 0.3) is 0 Å². The second-order valence-electron chi connectivity index (χ2n) is 4.03. The fourth-order valence-corrected chi connectivity index (χ4v) is 1.25. The third-order valence-electron chi connectivity index (χ3n) is 2.18. The SMILES string of the molecule is C=CC(/C=C\C)=C(/C=C\C)OC(C)=O.CN.COCCNC(=O)OC. The highest BCUT2D eigenvalue weighted by molar-refractivity contribution is 5.68. The molecule has 0 aromatic heterocycles. The number of ether oxygens (including phenoxy) is 3. The van der Waals surface area contributed by atoms with Gasteiger partial charge in [-0.3, -0.25) is 4.79 Å². The number of nitrogens with one attached hydrogen (secondary N) is 1. The van der Waals surface area contributed by atoms with Crippen LogP contribution in [0.4, 0.5) is 4.79 Å². The summed E-state index contributed by atoms with van der Waals surface area (Å²) in [6.07, 6.45) is 8.48. The minimum absolute atomic E-state index is 0.332. The third kappa shape index (κ3) is 19.6. The van der Waals surface area contributed by atoms with Crippen LogP contribution < -0.4 is 11.1 Å². The highest BCUT2D eigenvalue weighted by Gasteiger charge is 2.01. The highest BCUT2D eigenvalue weighted by Crippen LogP contribution is 2.11. The first-order valence-corrected chi connectivity index (χ1v) is 7.65. The second kappa shape index (κ2) is 21.6. The van der Waals surface area contributed by atoms with Crippen LogP contribution in [0.2, 0.25) is 0 Å². The normalized spacial score (nSPS) is 10.7. The molecule has 0 spiro atoms. The van der Waals surface area contributed by atoms with Gasteiger partial charge < -0.3 is 25.3 Å². The van der Waals surface area contributed by atoms with E-state index in [9.17, 15) is 9.59 Å². The molecule has 25 heavy (non-hydrogen) atoms. The number of hydrogen-bond donors (Lipinski definition) is 2. The van der Waals surface area contributed by atoms with Crippen LogP contribution in [-0.2, 0) is 19.0 Å². The van der Waals surface area contributed by atoms with Crippen molar-refractivity contribution in [1.29, 1.82) is 0 Å². The molecule has 0 unspecified atom stereocenters. The van der Waals surface area contributed by atoms with Gasteiger partial charge in [0, 0.05) is 26.2 Å². The molecule has 0 saturated heterocycles. The average Bonchev–Trinajstić information content (AvgIpc) is 2.61. The van der Waals surface area contributed by atoms with Gasteiger partial charge in [-0.2, -0.15) is 0 Å². The van der Waals surface area contributed by atoms with E-state index in [1.807, 2.05) is 32.1 Å². The van der Waals surface area contributed by atoms with Gasteiger partial charge in [0.25, 0.3) is 0 Å². The van der Waals surface area contributed by atoms with Crippen LogP contribution in [0, 0.1) is 0 Å². The molecule has 0 heterocycles. The lowest BCUT2D eigenvalue weighted by Gasteiger charge is -2.04. The van der Waals surface area contributed by atoms with Crippen LogP contribution in [0.1, 0.15) is 20.8 Å². The van der Waals surface area contributed by atoms with Gasteiger partial charge in [0.05, 0.1) is 13.7 Å². The number of carbonyl (C=O) groups excluding carboxylic acids is 2. The van der Waals surface area contributed by atoms with Crippen molar-refractivity contribution >= 4 is 12.1 Å². The first-order chi connectivity index (χ1) is 12.0. The van der Waals surface area contributed by atoms with Gasteiger partial charge in [0.1, 0.15) is 5.76 Å². The van der Waals surface area contributed by atoms with Crippen molar-refractivity contribution in [2.45, 2.75) is 20.8 Å². The van der Waals surface area contributed by atoms with E-state index in [1.54, 1.807) is 19.3 Å². The van der Waals surface area contributed by atoms with Gasteiger partial charge in [0.2, 0.25) is 0 Å². The third-order valence-corrected chi connectivity index (χ3v) is 2.18. The number of allylic oxidation sites excluding steroid dienone is 6. The number of amides is 1. The van der Waals surface area contributed by atoms with Crippen LogP contribution in [0.15, 0.2) is 48.3 Å². The maximum Gasteiger partial charge on any atom is 0.406 e. The number of nitrogens with two attached hydrogens (primary N) is 1. The van der Waals surface area contributed by atoms with E-state index in [1.165, 1.54) is 21.1 Å². The molecule has 3 N–H and O–H groups in total. The molecule has 0 aromatic carbocycles. The summed E-state index contributed by atoms with van der Waals surface area (Å²) >= 11 is 0. The zero-order chi connectivity index (χ0) is 20.1. The molecule has 7 nitrogen and oxygen atoms in total. The Morgan fingerprint density at radius 3 is 2.04 bits per heavy atom. The summed E-state index contributed by atoms with van der Waals surface area (Å²) < 4.78 is 14.0. The van der Waals surface area contributed by atoms with E-state index in [-0.39, 0.29) is 5.97 Å². The van der Waals surface area contributed by atoms with Gasteiger partial charge in [-0.05, 0) is 27.0 Å². The Labute approximate surface area is 151 Å². The molecule has 0 saturated carbocycles. The summed E-state index contributed by atoms with van der Waals surface area (Å²) in [5.41, 5.74) is 5.29. The van der Waals surface area contributed by atoms with Crippen LogP contribution >= 0.6 is 0 Å². The van der Waals surface area contributed by atoms with Gasteiger partial charge in [-0.1, -0.05) is 30.9 Å². The molecule has 0 bridgehead atoms. The Hall–Kier alpha value is -2.38. The predicted octanol–water partition coefficient (Wildman–Crippen LogP) is 2.71. The largest absolute Gasteiger partial charge is 0.453 e. The van der Waals surface area contributed by atoms with E-state index in [4.69, 9.17) is 4.74 Å². The molecule has 0 aromatic rings. The lowest BCUT2D eigenvalue weighted by molar-refractivity contribution is -0.136. The van der Waals surface area contributed by atoms with E-state index < -0.39 is 6.09 Å². The summed E-state index contributed by atoms with van der Waals surface area (Å²) in [6.45, 7) is 9.78.